The van der Waals surface area contributed by atoms with Gasteiger partial charge in [-0.3, -0.25) is 5.43 Å². The third kappa shape index (κ3) is 10.4. The molecule has 0 aliphatic heterocycles. The van der Waals surface area contributed by atoms with E-state index in [2.05, 4.69) is 31.2 Å². The molecule has 0 rings (SSSR count). The van der Waals surface area contributed by atoms with Crippen LogP contribution in [0, 0.1) is 0 Å². The van der Waals surface area contributed by atoms with Crippen molar-refractivity contribution >= 4 is 0 Å². The highest BCUT2D eigenvalue weighted by Crippen LogP contribution is 2.01. The summed E-state index contributed by atoms with van der Waals surface area (Å²) in [5.74, 6) is 0. The first-order valence-electron chi connectivity index (χ1n) is 7.33. The highest BCUT2D eigenvalue weighted by molar-refractivity contribution is 4.52. The van der Waals surface area contributed by atoms with E-state index in [1.54, 1.807) is 0 Å². The van der Waals surface area contributed by atoms with Gasteiger partial charge in [-0.15, -0.1) is 0 Å². The van der Waals surface area contributed by atoms with Crippen LogP contribution in [0.2, 0.25) is 0 Å². The van der Waals surface area contributed by atoms with Crippen molar-refractivity contribution in [3.63, 3.8) is 0 Å². The molecule has 0 heterocycles. The zero-order valence-corrected chi connectivity index (χ0v) is 11.7. The highest BCUT2D eigenvalue weighted by Gasteiger charge is 2.00. The van der Waals surface area contributed by atoms with Crippen molar-refractivity contribution in [3.05, 3.63) is 0 Å². The van der Waals surface area contributed by atoms with Gasteiger partial charge in [-0.25, -0.2) is 5.01 Å². The van der Waals surface area contributed by atoms with Gasteiger partial charge in [0.2, 0.25) is 0 Å². The van der Waals surface area contributed by atoms with Crippen LogP contribution in [-0.2, 0) is 0 Å². The minimum absolute atomic E-state index is 1.12. The Hall–Kier alpha value is -0.0800. The smallest absolute Gasteiger partial charge is 0.0130 e. The minimum atomic E-state index is 1.12. The summed E-state index contributed by atoms with van der Waals surface area (Å²) < 4.78 is 0. The Morgan fingerprint density at radius 1 is 0.750 bits per heavy atom. The number of hydrogen-bond donors (Lipinski definition) is 1. The fourth-order valence-corrected chi connectivity index (χ4v) is 1.87. The number of hydrogen-bond acceptors (Lipinski definition) is 2. The maximum Gasteiger partial charge on any atom is 0.0130 e. The van der Waals surface area contributed by atoms with Gasteiger partial charge in [-0.2, -0.15) is 0 Å². The Morgan fingerprint density at radius 3 is 1.94 bits per heavy atom. The van der Waals surface area contributed by atoms with E-state index in [1.165, 1.54) is 57.9 Å². The number of hydrazine groups is 1. The van der Waals surface area contributed by atoms with Gasteiger partial charge < -0.3 is 0 Å². The molecule has 98 valence electrons. The lowest BCUT2D eigenvalue weighted by Gasteiger charge is -2.21. The van der Waals surface area contributed by atoms with Gasteiger partial charge in [0, 0.05) is 19.6 Å². The zero-order valence-electron chi connectivity index (χ0n) is 11.7. The average Bonchev–Trinajstić information content (AvgIpc) is 2.31. The molecular formula is C14H32N2. The van der Waals surface area contributed by atoms with Crippen LogP contribution >= 0.6 is 0 Å². The summed E-state index contributed by atoms with van der Waals surface area (Å²) in [7, 11) is 0. The van der Waals surface area contributed by atoms with Crippen molar-refractivity contribution in [2.24, 2.45) is 0 Å². The second-order valence-electron chi connectivity index (χ2n) is 4.61. The van der Waals surface area contributed by atoms with Crippen molar-refractivity contribution in [3.8, 4) is 0 Å². The Bertz CT molecular complexity index is 126. The Morgan fingerprint density at radius 2 is 1.38 bits per heavy atom. The summed E-state index contributed by atoms with van der Waals surface area (Å²) in [6, 6.07) is 0. The summed E-state index contributed by atoms with van der Waals surface area (Å²) in [6.45, 7) is 10.3. The van der Waals surface area contributed by atoms with Crippen LogP contribution in [-0.4, -0.2) is 24.6 Å². The minimum Gasteiger partial charge on any atom is -0.255 e. The highest BCUT2D eigenvalue weighted by atomic mass is 15.5. The van der Waals surface area contributed by atoms with Gasteiger partial charge in [0.15, 0.2) is 0 Å². The quantitative estimate of drug-likeness (QED) is 0.401. The van der Waals surface area contributed by atoms with E-state index >= 15 is 0 Å². The van der Waals surface area contributed by atoms with Gasteiger partial charge in [0.1, 0.15) is 0 Å². The van der Waals surface area contributed by atoms with Crippen molar-refractivity contribution in [2.45, 2.75) is 72.1 Å². The van der Waals surface area contributed by atoms with Crippen LogP contribution in [0.1, 0.15) is 72.1 Å². The molecule has 0 fully saturated rings. The number of nitrogens with one attached hydrogen (secondary N) is 1. The largest absolute Gasteiger partial charge is 0.255 e. The zero-order chi connectivity index (χ0) is 12.1. The van der Waals surface area contributed by atoms with E-state index in [0.29, 0.717) is 0 Å². The molecular weight excluding hydrogens is 196 g/mol. The molecule has 0 radical (unpaired) electrons. The molecule has 16 heavy (non-hydrogen) atoms. The molecule has 0 saturated carbocycles. The monoisotopic (exact) mass is 228 g/mol. The number of rotatable bonds is 12. The molecule has 0 aromatic rings. The SMILES string of the molecule is CCCCCCNN(CC)CCCCCC. The average molecular weight is 228 g/mol. The molecule has 0 saturated heterocycles. The van der Waals surface area contributed by atoms with Crippen molar-refractivity contribution in [1.29, 1.82) is 0 Å². The Kier molecular flexibility index (Phi) is 12.9. The molecule has 0 amide bonds. The molecule has 0 atom stereocenters. The second-order valence-corrected chi connectivity index (χ2v) is 4.61. The first kappa shape index (κ1) is 15.9. The van der Waals surface area contributed by atoms with Gasteiger partial charge >= 0.3 is 0 Å². The lowest BCUT2D eigenvalue weighted by Crippen LogP contribution is -2.39. The van der Waals surface area contributed by atoms with Crippen LogP contribution in [0.15, 0.2) is 0 Å². The van der Waals surface area contributed by atoms with E-state index in [1.807, 2.05) is 0 Å². The van der Waals surface area contributed by atoms with Crippen LogP contribution in [0.3, 0.4) is 0 Å². The summed E-state index contributed by atoms with van der Waals surface area (Å²) in [5, 5.41) is 2.38. The molecule has 0 aromatic carbocycles. The normalized spacial score (nSPS) is 11.2. The van der Waals surface area contributed by atoms with Gasteiger partial charge in [0.25, 0.3) is 0 Å². The summed E-state index contributed by atoms with van der Waals surface area (Å²) in [4.78, 5) is 0. The topological polar surface area (TPSA) is 15.3 Å². The Balaban J connectivity index is 3.29. The number of unbranched alkanes of at least 4 members (excludes halogenated alkanes) is 6. The van der Waals surface area contributed by atoms with Gasteiger partial charge in [-0.1, -0.05) is 59.3 Å². The van der Waals surface area contributed by atoms with Crippen LogP contribution in [0.5, 0.6) is 0 Å². The molecule has 2 nitrogen and oxygen atoms in total. The summed E-state index contributed by atoms with van der Waals surface area (Å²) in [6.07, 6.45) is 10.8. The van der Waals surface area contributed by atoms with Gasteiger partial charge in [0.05, 0.1) is 0 Å². The molecule has 0 bridgehead atoms. The van der Waals surface area contributed by atoms with Crippen LogP contribution in [0.4, 0.5) is 0 Å². The van der Waals surface area contributed by atoms with Crippen molar-refractivity contribution in [1.82, 2.24) is 10.4 Å². The van der Waals surface area contributed by atoms with Crippen LogP contribution in [0.25, 0.3) is 0 Å². The predicted octanol–water partition coefficient (Wildman–Crippen LogP) is 3.97. The van der Waals surface area contributed by atoms with E-state index in [9.17, 15) is 0 Å². The lowest BCUT2D eigenvalue weighted by atomic mass is 10.2. The van der Waals surface area contributed by atoms with Gasteiger partial charge in [-0.05, 0) is 12.8 Å². The molecule has 0 spiro atoms. The standard InChI is InChI=1S/C14H32N2/c1-4-7-9-11-13-15-16(6-3)14-12-10-8-5-2/h15H,4-14H2,1-3H3. The molecule has 2 heteroatoms. The first-order chi connectivity index (χ1) is 7.85. The van der Waals surface area contributed by atoms with Crippen molar-refractivity contribution < 1.29 is 0 Å². The van der Waals surface area contributed by atoms with E-state index < -0.39 is 0 Å². The van der Waals surface area contributed by atoms with Crippen LogP contribution < -0.4 is 5.43 Å². The molecule has 0 aromatic heterocycles. The second kappa shape index (κ2) is 13.0. The van der Waals surface area contributed by atoms with E-state index in [4.69, 9.17) is 0 Å². The number of nitrogens with zero attached hydrogens (tertiary/aromatic N) is 1. The Labute approximate surface area is 103 Å². The summed E-state index contributed by atoms with van der Waals surface area (Å²) in [5.41, 5.74) is 3.54. The maximum atomic E-state index is 3.54. The third-order valence-corrected chi connectivity index (χ3v) is 3.03. The van der Waals surface area contributed by atoms with Crippen molar-refractivity contribution in [2.75, 3.05) is 19.6 Å². The predicted molar refractivity (Wildman–Crippen MR) is 73.5 cm³/mol. The maximum absolute atomic E-state index is 3.54. The molecule has 1 N–H and O–H groups in total. The third-order valence-electron chi connectivity index (χ3n) is 3.03. The molecule has 0 aliphatic carbocycles. The lowest BCUT2D eigenvalue weighted by molar-refractivity contribution is 0.192. The van der Waals surface area contributed by atoms with E-state index in [0.717, 1.165) is 13.1 Å². The fraction of sp³-hybridized carbons (Fsp3) is 1.00. The first-order valence-corrected chi connectivity index (χ1v) is 7.33. The summed E-state index contributed by atoms with van der Waals surface area (Å²) >= 11 is 0. The molecule has 0 aliphatic rings. The molecule has 0 unspecified atom stereocenters. The fourth-order valence-electron chi connectivity index (χ4n) is 1.87. The van der Waals surface area contributed by atoms with E-state index in [-0.39, 0.29) is 0 Å².